The van der Waals surface area contributed by atoms with Crippen molar-refractivity contribution in [1.82, 2.24) is 9.78 Å². The molecule has 0 spiro atoms. The van der Waals surface area contributed by atoms with Crippen LogP contribution in [-0.4, -0.2) is 34.1 Å². The summed E-state index contributed by atoms with van der Waals surface area (Å²) in [7, 11) is 0. The number of carboxylic acids is 1. The van der Waals surface area contributed by atoms with Crippen molar-refractivity contribution in [2.24, 2.45) is 0 Å². The number of aromatic carboxylic acids is 1. The van der Waals surface area contributed by atoms with E-state index in [1.54, 1.807) is 13.0 Å². The van der Waals surface area contributed by atoms with E-state index in [4.69, 9.17) is 4.74 Å². The Hall–Kier alpha value is -2.21. The standard InChI is InChI=1S/C15H15FN2O3/c1-9-6-11(16)2-3-13(9)18-7-12(15(19)20)14(17-18)10-4-5-21-8-10/h2-3,6-7,10H,4-5,8H2,1H3,(H,19,20). The topological polar surface area (TPSA) is 64.4 Å². The molecule has 6 heteroatoms. The van der Waals surface area contributed by atoms with Gasteiger partial charge >= 0.3 is 5.97 Å². The monoisotopic (exact) mass is 290 g/mol. The van der Waals surface area contributed by atoms with Crippen molar-refractivity contribution in [3.8, 4) is 5.69 Å². The fourth-order valence-corrected chi connectivity index (χ4v) is 2.60. The van der Waals surface area contributed by atoms with Gasteiger partial charge < -0.3 is 9.84 Å². The van der Waals surface area contributed by atoms with Crippen LogP contribution >= 0.6 is 0 Å². The van der Waals surface area contributed by atoms with E-state index in [-0.39, 0.29) is 17.3 Å². The molecule has 0 aliphatic carbocycles. The average Bonchev–Trinajstić information content (AvgIpc) is 3.07. The van der Waals surface area contributed by atoms with Crippen LogP contribution in [0.3, 0.4) is 0 Å². The van der Waals surface area contributed by atoms with Crippen LogP contribution in [0.25, 0.3) is 5.69 Å². The van der Waals surface area contributed by atoms with Gasteiger partial charge in [0, 0.05) is 18.7 Å². The number of ether oxygens (including phenoxy) is 1. The number of carboxylic acid groups (broad SMARTS) is 1. The summed E-state index contributed by atoms with van der Waals surface area (Å²) in [4.78, 5) is 11.4. The summed E-state index contributed by atoms with van der Waals surface area (Å²) < 4.78 is 20.0. The average molecular weight is 290 g/mol. The lowest BCUT2D eigenvalue weighted by Crippen LogP contribution is -2.06. The Morgan fingerprint density at radius 3 is 2.95 bits per heavy atom. The molecule has 2 aromatic rings. The first-order chi connectivity index (χ1) is 10.1. The molecule has 1 aromatic carbocycles. The maximum absolute atomic E-state index is 13.2. The molecule has 0 saturated carbocycles. The summed E-state index contributed by atoms with van der Waals surface area (Å²) >= 11 is 0. The molecule has 1 aliphatic heterocycles. The third kappa shape index (κ3) is 2.54. The van der Waals surface area contributed by atoms with E-state index in [2.05, 4.69) is 5.10 Å². The molecule has 21 heavy (non-hydrogen) atoms. The third-order valence-electron chi connectivity index (χ3n) is 3.70. The second kappa shape index (κ2) is 5.29. The quantitative estimate of drug-likeness (QED) is 0.943. The van der Waals surface area contributed by atoms with Crippen LogP contribution < -0.4 is 0 Å². The van der Waals surface area contributed by atoms with Gasteiger partial charge in [-0.05, 0) is 37.1 Å². The second-order valence-electron chi connectivity index (χ2n) is 5.17. The van der Waals surface area contributed by atoms with Crippen molar-refractivity contribution in [2.45, 2.75) is 19.3 Å². The Bertz CT molecular complexity index is 690. The van der Waals surface area contributed by atoms with Crippen LogP contribution in [0.1, 0.15) is 34.0 Å². The Labute approximate surface area is 121 Å². The summed E-state index contributed by atoms with van der Waals surface area (Å²) in [5.41, 5.74) is 2.07. The van der Waals surface area contributed by atoms with Crippen molar-refractivity contribution in [1.29, 1.82) is 0 Å². The lowest BCUT2D eigenvalue weighted by Gasteiger charge is -2.06. The first kappa shape index (κ1) is 13.8. The van der Waals surface area contributed by atoms with E-state index in [9.17, 15) is 14.3 Å². The molecule has 1 aromatic heterocycles. The highest BCUT2D eigenvalue weighted by Gasteiger charge is 2.27. The van der Waals surface area contributed by atoms with Crippen LogP contribution in [0.4, 0.5) is 4.39 Å². The lowest BCUT2D eigenvalue weighted by molar-refractivity contribution is 0.0695. The minimum atomic E-state index is -1.01. The van der Waals surface area contributed by atoms with Crippen molar-refractivity contribution in [3.05, 3.63) is 47.0 Å². The second-order valence-corrected chi connectivity index (χ2v) is 5.17. The number of aryl methyl sites for hydroxylation is 1. The molecule has 110 valence electrons. The van der Waals surface area contributed by atoms with Gasteiger partial charge in [-0.2, -0.15) is 5.10 Å². The number of carbonyl (C=O) groups is 1. The Balaban J connectivity index is 2.07. The van der Waals surface area contributed by atoms with Gasteiger partial charge in [-0.15, -0.1) is 0 Å². The van der Waals surface area contributed by atoms with Gasteiger partial charge in [0.05, 0.1) is 18.0 Å². The van der Waals surface area contributed by atoms with E-state index >= 15 is 0 Å². The Morgan fingerprint density at radius 1 is 1.52 bits per heavy atom. The number of benzene rings is 1. The minimum Gasteiger partial charge on any atom is -0.478 e. The smallest absolute Gasteiger partial charge is 0.339 e. The molecule has 1 unspecified atom stereocenters. The van der Waals surface area contributed by atoms with Crippen molar-refractivity contribution < 1.29 is 19.0 Å². The molecule has 0 amide bonds. The first-order valence-electron chi connectivity index (χ1n) is 6.73. The minimum absolute atomic E-state index is 0.00176. The maximum atomic E-state index is 13.2. The number of halogens is 1. The maximum Gasteiger partial charge on any atom is 0.339 e. The van der Waals surface area contributed by atoms with Crippen LogP contribution in [0, 0.1) is 12.7 Å². The summed E-state index contributed by atoms with van der Waals surface area (Å²) in [6.45, 7) is 2.87. The molecule has 5 nitrogen and oxygen atoms in total. The predicted octanol–water partition coefficient (Wildman–Crippen LogP) is 2.52. The highest BCUT2D eigenvalue weighted by Crippen LogP contribution is 2.28. The summed E-state index contributed by atoms with van der Waals surface area (Å²) in [6, 6.07) is 4.33. The van der Waals surface area contributed by atoms with E-state index in [0.717, 1.165) is 6.42 Å². The Morgan fingerprint density at radius 2 is 2.33 bits per heavy atom. The molecular weight excluding hydrogens is 275 g/mol. The fourth-order valence-electron chi connectivity index (χ4n) is 2.60. The Kier molecular flexibility index (Phi) is 3.47. The predicted molar refractivity (Wildman–Crippen MR) is 73.4 cm³/mol. The van der Waals surface area contributed by atoms with Crippen LogP contribution in [0.2, 0.25) is 0 Å². The van der Waals surface area contributed by atoms with Gasteiger partial charge in [0.25, 0.3) is 0 Å². The van der Waals surface area contributed by atoms with Gasteiger partial charge in [0.2, 0.25) is 0 Å². The summed E-state index contributed by atoms with van der Waals surface area (Å²) in [6.07, 6.45) is 2.25. The molecule has 3 rings (SSSR count). The molecule has 1 fully saturated rings. The molecule has 0 bridgehead atoms. The number of nitrogens with zero attached hydrogens (tertiary/aromatic N) is 2. The van der Waals surface area contributed by atoms with Gasteiger partial charge in [-0.1, -0.05) is 0 Å². The van der Waals surface area contributed by atoms with E-state index in [1.165, 1.54) is 23.0 Å². The lowest BCUT2D eigenvalue weighted by atomic mass is 10.0. The molecule has 1 N–H and O–H groups in total. The van der Waals surface area contributed by atoms with Gasteiger partial charge in [0.15, 0.2) is 0 Å². The zero-order valence-electron chi connectivity index (χ0n) is 11.5. The molecule has 2 heterocycles. The molecule has 1 saturated heterocycles. The normalized spacial score (nSPS) is 18.1. The number of rotatable bonds is 3. The van der Waals surface area contributed by atoms with E-state index < -0.39 is 5.97 Å². The van der Waals surface area contributed by atoms with Gasteiger partial charge in [0.1, 0.15) is 11.4 Å². The number of hydrogen-bond acceptors (Lipinski definition) is 3. The highest BCUT2D eigenvalue weighted by atomic mass is 19.1. The number of aromatic nitrogens is 2. The first-order valence-corrected chi connectivity index (χ1v) is 6.73. The zero-order chi connectivity index (χ0) is 15.0. The molecular formula is C15H15FN2O3. The van der Waals surface area contributed by atoms with Crippen molar-refractivity contribution in [3.63, 3.8) is 0 Å². The van der Waals surface area contributed by atoms with Crippen LogP contribution in [-0.2, 0) is 4.74 Å². The fraction of sp³-hybridized carbons (Fsp3) is 0.333. The van der Waals surface area contributed by atoms with E-state index in [0.29, 0.717) is 30.2 Å². The van der Waals surface area contributed by atoms with Crippen LogP contribution in [0.5, 0.6) is 0 Å². The number of hydrogen-bond donors (Lipinski definition) is 1. The third-order valence-corrected chi connectivity index (χ3v) is 3.70. The molecule has 1 atom stereocenters. The van der Waals surface area contributed by atoms with Gasteiger partial charge in [-0.3, -0.25) is 0 Å². The summed E-state index contributed by atoms with van der Waals surface area (Å²) in [5, 5.41) is 13.8. The SMILES string of the molecule is Cc1cc(F)ccc1-n1cc(C(=O)O)c(C2CCOC2)n1. The van der Waals surface area contributed by atoms with Crippen LogP contribution in [0.15, 0.2) is 24.4 Å². The summed E-state index contributed by atoms with van der Waals surface area (Å²) in [5.74, 6) is -1.34. The van der Waals surface area contributed by atoms with Gasteiger partial charge in [-0.25, -0.2) is 13.9 Å². The highest BCUT2D eigenvalue weighted by molar-refractivity contribution is 5.89. The molecule has 0 radical (unpaired) electrons. The zero-order valence-corrected chi connectivity index (χ0v) is 11.5. The van der Waals surface area contributed by atoms with Crippen molar-refractivity contribution >= 4 is 5.97 Å². The van der Waals surface area contributed by atoms with Crippen molar-refractivity contribution in [2.75, 3.05) is 13.2 Å². The van der Waals surface area contributed by atoms with E-state index in [1.807, 2.05) is 0 Å². The largest absolute Gasteiger partial charge is 0.478 e. The molecule has 1 aliphatic rings.